The van der Waals surface area contributed by atoms with Crippen molar-refractivity contribution in [3.63, 3.8) is 0 Å². The van der Waals surface area contributed by atoms with Gasteiger partial charge >= 0.3 is 0 Å². The van der Waals surface area contributed by atoms with E-state index in [0.717, 1.165) is 6.42 Å². The summed E-state index contributed by atoms with van der Waals surface area (Å²) in [7, 11) is 0. The Morgan fingerprint density at radius 2 is 1.02 bits per heavy atom. The van der Waals surface area contributed by atoms with Crippen LogP contribution in [-0.4, -0.2) is 9.13 Å². The Hall–Kier alpha value is -6.38. The Labute approximate surface area is 290 Å². The predicted molar refractivity (Wildman–Crippen MR) is 209 cm³/mol. The largest absolute Gasteiger partial charge is 0.312 e. The molecule has 0 amide bonds. The molecule has 3 heterocycles. The molecule has 2 nitrogen and oxygen atoms in total. The topological polar surface area (TPSA) is 9.86 Å². The summed E-state index contributed by atoms with van der Waals surface area (Å²) in [6, 6.07) is 60.2. The Morgan fingerprint density at radius 3 is 1.80 bits per heavy atom. The van der Waals surface area contributed by atoms with Crippen LogP contribution >= 0.6 is 0 Å². The van der Waals surface area contributed by atoms with Gasteiger partial charge in [0.2, 0.25) is 0 Å². The molecule has 1 unspecified atom stereocenters. The van der Waals surface area contributed by atoms with Gasteiger partial charge in [-0.1, -0.05) is 121 Å². The molecule has 11 rings (SSSR count). The zero-order valence-corrected chi connectivity index (χ0v) is 27.4. The Morgan fingerprint density at radius 1 is 0.420 bits per heavy atom. The van der Waals surface area contributed by atoms with Crippen molar-refractivity contribution < 1.29 is 0 Å². The molecule has 0 radical (unpaired) electrons. The summed E-state index contributed by atoms with van der Waals surface area (Å²) < 4.78 is 4.95. The van der Waals surface area contributed by atoms with Crippen LogP contribution in [0.3, 0.4) is 0 Å². The van der Waals surface area contributed by atoms with Crippen LogP contribution in [0.15, 0.2) is 170 Å². The van der Waals surface area contributed by atoms with Gasteiger partial charge in [-0.2, -0.15) is 0 Å². The summed E-state index contributed by atoms with van der Waals surface area (Å²) in [4.78, 5) is 0. The molecule has 1 atom stereocenters. The van der Waals surface area contributed by atoms with E-state index in [1.54, 1.807) is 0 Å². The van der Waals surface area contributed by atoms with Crippen LogP contribution in [0, 0.1) is 0 Å². The lowest BCUT2D eigenvalue weighted by Gasteiger charge is -2.16. The highest BCUT2D eigenvalue weighted by Crippen LogP contribution is 2.50. The molecule has 0 fully saturated rings. The maximum Gasteiger partial charge on any atom is 0.0541 e. The van der Waals surface area contributed by atoms with Gasteiger partial charge in [0.15, 0.2) is 0 Å². The van der Waals surface area contributed by atoms with Gasteiger partial charge in [0.1, 0.15) is 0 Å². The number of benzene rings is 7. The molecule has 0 saturated carbocycles. The van der Waals surface area contributed by atoms with Crippen LogP contribution in [0.4, 0.5) is 0 Å². The SMILES string of the molecule is C1=Cc2c3n(c4ccc(-c5ccc6c(c5)c5ccccc5n6-c5cccc(-c6ccccc6)c5)cc24)-c2ccc(-c4ccccc4)cc2C3C1. The molecular weight excluding hydrogens is 605 g/mol. The molecule has 2 aromatic heterocycles. The summed E-state index contributed by atoms with van der Waals surface area (Å²) in [6.07, 6.45) is 5.77. The van der Waals surface area contributed by atoms with Crippen LogP contribution in [-0.2, 0) is 0 Å². The second kappa shape index (κ2) is 10.6. The molecule has 7 aromatic carbocycles. The number of allylic oxidation sites excluding steroid dienone is 1. The number of aromatic nitrogens is 2. The van der Waals surface area contributed by atoms with Crippen LogP contribution in [0.2, 0.25) is 0 Å². The molecule has 0 bridgehead atoms. The highest BCUT2D eigenvalue weighted by atomic mass is 15.0. The quantitative estimate of drug-likeness (QED) is 0.182. The van der Waals surface area contributed by atoms with Crippen molar-refractivity contribution in [2.45, 2.75) is 12.3 Å². The van der Waals surface area contributed by atoms with E-state index in [2.05, 4.69) is 185 Å². The first-order valence-electron chi connectivity index (χ1n) is 17.5. The molecule has 0 saturated heterocycles. The highest BCUT2D eigenvalue weighted by molar-refractivity contribution is 6.11. The summed E-state index contributed by atoms with van der Waals surface area (Å²) in [5.41, 5.74) is 18.0. The highest BCUT2D eigenvalue weighted by Gasteiger charge is 2.35. The zero-order valence-electron chi connectivity index (χ0n) is 27.4. The maximum absolute atomic E-state index is 2.53. The van der Waals surface area contributed by atoms with Gasteiger partial charge in [-0.25, -0.2) is 0 Å². The van der Waals surface area contributed by atoms with Crippen LogP contribution in [0.1, 0.15) is 29.2 Å². The number of hydrogen-bond donors (Lipinski definition) is 0. The third kappa shape index (κ3) is 3.96. The fraction of sp³-hybridized carbons (Fsp3) is 0.0417. The minimum Gasteiger partial charge on any atom is -0.312 e. The third-order valence-corrected chi connectivity index (χ3v) is 11.0. The molecule has 2 aliphatic rings. The first-order chi connectivity index (χ1) is 24.8. The average molecular weight is 637 g/mol. The minimum absolute atomic E-state index is 0.382. The lowest BCUT2D eigenvalue weighted by Crippen LogP contribution is -2.01. The summed E-state index contributed by atoms with van der Waals surface area (Å²) in [6.45, 7) is 0. The van der Waals surface area contributed by atoms with E-state index >= 15 is 0 Å². The first kappa shape index (κ1) is 27.6. The molecule has 50 heavy (non-hydrogen) atoms. The van der Waals surface area contributed by atoms with Crippen molar-refractivity contribution in [3.8, 4) is 44.8 Å². The molecule has 1 aliphatic carbocycles. The van der Waals surface area contributed by atoms with E-state index in [1.807, 2.05) is 0 Å². The average Bonchev–Trinajstić information content (AvgIpc) is 3.83. The van der Waals surface area contributed by atoms with Gasteiger partial charge in [-0.05, 0) is 100.0 Å². The standard InChI is InChI=1S/C48H32N2/c1-3-11-31(12-4-1)33-15-9-16-37(27-33)49-44-20-8-7-17-38(44)41-29-35(22-24-45(41)49)36-23-26-47-43(30-36)40-19-10-18-39-42-28-34(32-13-5-2-6-14-32)21-25-46(42)50(47)48(39)40/h1-17,19-30,39H,18H2. The lowest BCUT2D eigenvalue weighted by molar-refractivity contribution is 0.820. The van der Waals surface area contributed by atoms with Gasteiger partial charge in [0.05, 0.1) is 16.6 Å². The minimum atomic E-state index is 0.382. The van der Waals surface area contributed by atoms with Crippen molar-refractivity contribution in [2.24, 2.45) is 0 Å². The third-order valence-electron chi connectivity index (χ3n) is 11.0. The van der Waals surface area contributed by atoms with Gasteiger partial charge < -0.3 is 9.13 Å². The Bertz CT molecular complexity index is 2830. The second-order valence-electron chi connectivity index (χ2n) is 13.7. The van der Waals surface area contributed by atoms with E-state index in [-0.39, 0.29) is 0 Å². The van der Waals surface area contributed by atoms with Crippen LogP contribution in [0.25, 0.3) is 83.5 Å². The van der Waals surface area contributed by atoms with Crippen molar-refractivity contribution in [1.82, 2.24) is 9.13 Å². The first-order valence-corrected chi connectivity index (χ1v) is 17.5. The molecule has 234 valence electrons. The maximum atomic E-state index is 2.53. The summed E-state index contributed by atoms with van der Waals surface area (Å²) in [5, 5.41) is 3.87. The van der Waals surface area contributed by atoms with Crippen molar-refractivity contribution in [1.29, 1.82) is 0 Å². The fourth-order valence-corrected chi connectivity index (χ4v) is 8.73. The zero-order chi connectivity index (χ0) is 32.8. The van der Waals surface area contributed by atoms with Crippen molar-refractivity contribution in [2.75, 3.05) is 0 Å². The molecule has 0 spiro atoms. The van der Waals surface area contributed by atoms with Crippen molar-refractivity contribution >= 4 is 38.8 Å². The van der Waals surface area contributed by atoms with Crippen LogP contribution < -0.4 is 0 Å². The number of para-hydroxylation sites is 1. The number of fused-ring (bicyclic) bond motifs is 9. The predicted octanol–water partition coefficient (Wildman–Crippen LogP) is 12.6. The normalized spacial score (nSPS) is 14.4. The monoisotopic (exact) mass is 636 g/mol. The van der Waals surface area contributed by atoms with Crippen LogP contribution in [0.5, 0.6) is 0 Å². The molecule has 1 aliphatic heterocycles. The molecule has 2 heteroatoms. The lowest BCUT2D eigenvalue weighted by atomic mass is 9.86. The molecular formula is C48H32N2. The van der Waals surface area contributed by atoms with Gasteiger partial charge in [0.25, 0.3) is 0 Å². The van der Waals surface area contributed by atoms with E-state index < -0.39 is 0 Å². The summed E-state index contributed by atoms with van der Waals surface area (Å²) in [5.74, 6) is 0.382. The van der Waals surface area contributed by atoms with Gasteiger partial charge in [-0.15, -0.1) is 0 Å². The number of hydrogen-bond acceptors (Lipinski definition) is 0. The Kier molecular flexibility index (Phi) is 5.82. The molecule has 9 aromatic rings. The van der Waals surface area contributed by atoms with Crippen molar-refractivity contribution in [3.05, 3.63) is 187 Å². The van der Waals surface area contributed by atoms with Gasteiger partial charge in [-0.3, -0.25) is 0 Å². The number of rotatable bonds is 4. The van der Waals surface area contributed by atoms with E-state index in [0.29, 0.717) is 5.92 Å². The van der Waals surface area contributed by atoms with E-state index in [4.69, 9.17) is 0 Å². The fourth-order valence-electron chi connectivity index (χ4n) is 8.73. The number of nitrogens with zero attached hydrogens (tertiary/aromatic N) is 2. The van der Waals surface area contributed by atoms with E-state index in [9.17, 15) is 0 Å². The Balaban J connectivity index is 1.04. The summed E-state index contributed by atoms with van der Waals surface area (Å²) >= 11 is 0. The smallest absolute Gasteiger partial charge is 0.0541 e. The van der Waals surface area contributed by atoms with E-state index in [1.165, 1.54) is 94.3 Å². The van der Waals surface area contributed by atoms with Gasteiger partial charge in [0, 0.05) is 44.7 Å². The second-order valence-corrected chi connectivity index (χ2v) is 13.7. The molecule has 0 N–H and O–H groups in total.